The maximum absolute atomic E-state index is 12.5. The summed E-state index contributed by atoms with van der Waals surface area (Å²) in [4.78, 5) is 12.5. The van der Waals surface area contributed by atoms with E-state index in [1.54, 1.807) is 50.4 Å². The second-order valence-corrected chi connectivity index (χ2v) is 8.22. The van der Waals surface area contributed by atoms with Crippen LogP contribution < -0.4 is 19.1 Å². The van der Waals surface area contributed by atoms with Crippen LogP contribution in [-0.2, 0) is 14.8 Å². The lowest BCUT2D eigenvalue weighted by Gasteiger charge is -2.28. The molecule has 0 saturated heterocycles. The number of carbonyl (C=O) groups is 1. The first-order valence-corrected chi connectivity index (χ1v) is 10.7. The summed E-state index contributed by atoms with van der Waals surface area (Å²) in [7, 11) is -2.08. The zero-order chi connectivity index (χ0) is 20.7. The number of nitrogens with one attached hydrogen (secondary N) is 1. The smallest absolute Gasteiger partial charge is 0.243 e. The van der Waals surface area contributed by atoms with Crippen molar-refractivity contribution in [2.24, 2.45) is 0 Å². The molecule has 0 spiro atoms. The van der Waals surface area contributed by atoms with Crippen LogP contribution in [0.3, 0.4) is 0 Å². The lowest BCUT2D eigenvalue weighted by Crippen LogP contribution is -2.48. The Balaban J connectivity index is 1.98. The Morgan fingerprint density at radius 2 is 1.71 bits per heavy atom. The van der Waals surface area contributed by atoms with Gasteiger partial charge in [0.2, 0.25) is 15.9 Å². The van der Waals surface area contributed by atoms with Gasteiger partial charge in [0.1, 0.15) is 12.6 Å². The van der Waals surface area contributed by atoms with E-state index in [0.717, 1.165) is 16.1 Å². The molecule has 152 valence electrons. The fourth-order valence-electron chi connectivity index (χ4n) is 2.72. The molecule has 0 aliphatic heterocycles. The molecule has 2 aromatic rings. The van der Waals surface area contributed by atoms with Crippen molar-refractivity contribution in [1.29, 1.82) is 0 Å². The number of anilines is 1. The van der Waals surface area contributed by atoms with Gasteiger partial charge in [0.25, 0.3) is 0 Å². The minimum absolute atomic E-state index is 0.224. The molecule has 7 nitrogen and oxygen atoms in total. The van der Waals surface area contributed by atoms with Crippen LogP contribution in [0.15, 0.2) is 48.5 Å². The van der Waals surface area contributed by atoms with Gasteiger partial charge >= 0.3 is 0 Å². The molecule has 1 N–H and O–H groups in total. The first-order valence-electron chi connectivity index (χ1n) is 8.83. The molecule has 1 amide bonds. The van der Waals surface area contributed by atoms with E-state index in [0.29, 0.717) is 17.2 Å². The summed E-state index contributed by atoms with van der Waals surface area (Å²) >= 11 is 0. The zero-order valence-corrected chi connectivity index (χ0v) is 17.3. The summed E-state index contributed by atoms with van der Waals surface area (Å²) in [5.74, 6) is 0.768. The predicted molar refractivity (Wildman–Crippen MR) is 109 cm³/mol. The van der Waals surface area contributed by atoms with E-state index in [2.05, 4.69) is 5.32 Å². The van der Waals surface area contributed by atoms with E-state index in [1.165, 1.54) is 0 Å². The third-order valence-corrected chi connectivity index (χ3v) is 5.35. The molecular weight excluding hydrogens is 380 g/mol. The molecule has 1 atom stereocenters. The van der Waals surface area contributed by atoms with Crippen LogP contribution in [0.5, 0.6) is 11.5 Å². The molecule has 0 aliphatic carbocycles. The van der Waals surface area contributed by atoms with Gasteiger partial charge < -0.3 is 14.8 Å². The Bertz CT molecular complexity index is 897. The van der Waals surface area contributed by atoms with E-state index in [4.69, 9.17) is 9.47 Å². The summed E-state index contributed by atoms with van der Waals surface area (Å²) in [5, 5.41) is 2.71. The number of sulfonamides is 1. The number of para-hydroxylation sites is 2. The lowest BCUT2D eigenvalue weighted by molar-refractivity contribution is -0.121. The van der Waals surface area contributed by atoms with Gasteiger partial charge in [-0.3, -0.25) is 9.10 Å². The Morgan fingerprint density at radius 3 is 2.29 bits per heavy atom. The van der Waals surface area contributed by atoms with Crippen molar-refractivity contribution in [3.8, 4) is 11.5 Å². The fraction of sp³-hybridized carbons (Fsp3) is 0.350. The second kappa shape index (κ2) is 9.45. The number of benzene rings is 2. The SMILES string of the molecule is COc1ccccc1OCCNC(=O)[C@H](C)N(c1ccc(C)cc1)S(C)(=O)=O. The molecule has 0 aliphatic rings. The van der Waals surface area contributed by atoms with Gasteiger partial charge in [-0.05, 0) is 38.1 Å². The highest BCUT2D eigenvalue weighted by molar-refractivity contribution is 7.92. The van der Waals surface area contributed by atoms with Crippen LogP contribution in [0, 0.1) is 6.92 Å². The van der Waals surface area contributed by atoms with E-state index < -0.39 is 22.0 Å². The van der Waals surface area contributed by atoms with Crippen molar-refractivity contribution < 1.29 is 22.7 Å². The molecule has 0 aromatic heterocycles. The van der Waals surface area contributed by atoms with Gasteiger partial charge in [0.15, 0.2) is 11.5 Å². The third-order valence-electron chi connectivity index (χ3n) is 4.10. The normalized spacial score (nSPS) is 12.1. The predicted octanol–water partition coefficient (Wildman–Crippen LogP) is 2.35. The van der Waals surface area contributed by atoms with Gasteiger partial charge in [-0.2, -0.15) is 0 Å². The van der Waals surface area contributed by atoms with Crippen LogP contribution in [0.25, 0.3) is 0 Å². The van der Waals surface area contributed by atoms with Crippen molar-refractivity contribution in [2.45, 2.75) is 19.9 Å². The van der Waals surface area contributed by atoms with E-state index in [1.807, 2.05) is 19.1 Å². The van der Waals surface area contributed by atoms with Gasteiger partial charge in [-0.15, -0.1) is 0 Å². The van der Waals surface area contributed by atoms with Gasteiger partial charge in [-0.25, -0.2) is 8.42 Å². The maximum Gasteiger partial charge on any atom is 0.243 e. The van der Waals surface area contributed by atoms with Gasteiger partial charge in [0, 0.05) is 0 Å². The molecule has 28 heavy (non-hydrogen) atoms. The van der Waals surface area contributed by atoms with Crippen molar-refractivity contribution >= 4 is 21.6 Å². The van der Waals surface area contributed by atoms with Crippen LogP contribution in [0.2, 0.25) is 0 Å². The van der Waals surface area contributed by atoms with E-state index in [-0.39, 0.29) is 13.2 Å². The molecule has 0 heterocycles. The van der Waals surface area contributed by atoms with E-state index in [9.17, 15) is 13.2 Å². The van der Waals surface area contributed by atoms with Gasteiger partial charge in [0.05, 0.1) is 25.6 Å². The second-order valence-electron chi connectivity index (χ2n) is 6.36. The molecule has 0 saturated carbocycles. The van der Waals surface area contributed by atoms with E-state index >= 15 is 0 Å². The Morgan fingerprint density at radius 1 is 1.11 bits per heavy atom. The minimum atomic E-state index is -3.63. The lowest BCUT2D eigenvalue weighted by atomic mass is 10.2. The summed E-state index contributed by atoms with van der Waals surface area (Å²) in [6.07, 6.45) is 1.08. The first-order chi connectivity index (χ1) is 13.2. The van der Waals surface area contributed by atoms with Crippen LogP contribution in [0.4, 0.5) is 5.69 Å². The number of hydrogen-bond acceptors (Lipinski definition) is 5. The number of hydrogen-bond donors (Lipinski definition) is 1. The monoisotopic (exact) mass is 406 g/mol. The van der Waals surface area contributed by atoms with Crippen LogP contribution in [0.1, 0.15) is 12.5 Å². The first kappa shape index (κ1) is 21.6. The van der Waals surface area contributed by atoms with Gasteiger partial charge in [-0.1, -0.05) is 29.8 Å². The number of aryl methyl sites for hydroxylation is 1. The third kappa shape index (κ3) is 5.63. The highest BCUT2D eigenvalue weighted by Crippen LogP contribution is 2.25. The number of methoxy groups -OCH3 is 1. The Labute approximate surface area is 166 Å². The largest absolute Gasteiger partial charge is 0.493 e. The topological polar surface area (TPSA) is 84.9 Å². The van der Waals surface area contributed by atoms with Crippen molar-refractivity contribution in [3.05, 3.63) is 54.1 Å². The molecule has 0 bridgehead atoms. The van der Waals surface area contributed by atoms with Crippen molar-refractivity contribution in [1.82, 2.24) is 5.32 Å². The Hall–Kier alpha value is -2.74. The molecule has 2 rings (SSSR count). The summed E-state index contributed by atoms with van der Waals surface area (Å²) < 4.78 is 36.4. The average Bonchev–Trinajstić information content (AvgIpc) is 2.66. The minimum Gasteiger partial charge on any atom is -0.493 e. The summed E-state index contributed by atoms with van der Waals surface area (Å²) in [6.45, 7) is 3.92. The number of amides is 1. The summed E-state index contributed by atoms with van der Waals surface area (Å²) in [5.41, 5.74) is 1.45. The number of carbonyl (C=O) groups excluding carboxylic acids is 1. The summed E-state index contributed by atoms with van der Waals surface area (Å²) in [6, 6.07) is 13.3. The average molecular weight is 407 g/mol. The molecule has 0 radical (unpaired) electrons. The molecular formula is C20H26N2O5S. The van der Waals surface area contributed by atoms with Crippen molar-refractivity contribution in [2.75, 3.05) is 30.8 Å². The standard InChI is InChI=1S/C20H26N2O5S/c1-15-9-11-17(12-10-15)22(28(4,24)25)16(2)20(23)21-13-14-27-19-8-6-5-7-18(19)26-3/h5-12,16H,13-14H2,1-4H3,(H,21,23)/t16-/m0/s1. The molecule has 0 unspecified atom stereocenters. The maximum atomic E-state index is 12.5. The quantitative estimate of drug-likeness (QED) is 0.646. The number of ether oxygens (including phenoxy) is 2. The molecule has 8 heteroatoms. The fourth-order valence-corrected chi connectivity index (χ4v) is 3.90. The highest BCUT2D eigenvalue weighted by Gasteiger charge is 2.28. The van der Waals surface area contributed by atoms with Crippen LogP contribution in [-0.4, -0.2) is 46.9 Å². The zero-order valence-electron chi connectivity index (χ0n) is 16.5. The Kier molecular flexibility index (Phi) is 7.28. The number of nitrogens with zero attached hydrogens (tertiary/aromatic N) is 1. The molecule has 2 aromatic carbocycles. The van der Waals surface area contributed by atoms with Crippen LogP contribution >= 0.6 is 0 Å². The molecule has 0 fully saturated rings. The number of rotatable bonds is 9. The van der Waals surface area contributed by atoms with Crippen molar-refractivity contribution in [3.63, 3.8) is 0 Å². The highest BCUT2D eigenvalue weighted by atomic mass is 32.2.